The molecule has 7 heteroatoms. The van der Waals surface area contributed by atoms with Crippen LogP contribution in [0.3, 0.4) is 0 Å². The summed E-state index contributed by atoms with van der Waals surface area (Å²) in [5, 5.41) is 8.77. The van der Waals surface area contributed by atoms with Gasteiger partial charge in [-0.05, 0) is 37.8 Å². The van der Waals surface area contributed by atoms with Gasteiger partial charge in [0.2, 0.25) is 0 Å². The number of aliphatic carboxylic acids is 1. The Labute approximate surface area is 120 Å². The molecule has 4 nitrogen and oxygen atoms in total. The van der Waals surface area contributed by atoms with Gasteiger partial charge < -0.3 is 10.0 Å². The van der Waals surface area contributed by atoms with Gasteiger partial charge in [0.1, 0.15) is 11.5 Å². The summed E-state index contributed by atoms with van der Waals surface area (Å²) in [7, 11) is 0. The molecule has 1 N–H and O–H groups in total. The molecule has 1 fully saturated rings. The minimum absolute atomic E-state index is 0.0140. The Hall–Kier alpha value is -1.79. The predicted molar refractivity (Wildman–Crippen MR) is 71.1 cm³/mol. The summed E-state index contributed by atoms with van der Waals surface area (Å²) in [6.45, 7) is 0.610. The number of anilines is 1. The Bertz CT molecular complexity index is 505. The lowest BCUT2D eigenvalue weighted by Crippen LogP contribution is -2.40. The zero-order valence-electron chi connectivity index (χ0n) is 11.4. The van der Waals surface area contributed by atoms with E-state index in [1.165, 1.54) is 6.07 Å². The number of carbonyl (C=O) groups is 1. The maximum absolute atomic E-state index is 12.7. The molecule has 0 bridgehead atoms. The number of aromatic nitrogens is 1. The summed E-state index contributed by atoms with van der Waals surface area (Å²) in [4.78, 5) is 16.2. The number of nitrogens with zero attached hydrogens (tertiary/aromatic N) is 2. The molecule has 0 aromatic carbocycles. The van der Waals surface area contributed by atoms with Crippen molar-refractivity contribution < 1.29 is 23.1 Å². The number of carboxylic acids is 1. The summed E-state index contributed by atoms with van der Waals surface area (Å²) in [5.41, 5.74) is -0.914. The standard InChI is InChI=1S/C14H17F3N2O2/c15-14(16,17)11-5-3-6-12(18-11)19-9-2-1-4-10(19)7-8-13(20)21/h3,5-6,10H,1-2,4,7-9H2,(H,20,21). The number of pyridine rings is 1. The highest BCUT2D eigenvalue weighted by Crippen LogP contribution is 2.31. The largest absolute Gasteiger partial charge is 0.481 e. The molecule has 21 heavy (non-hydrogen) atoms. The molecule has 0 spiro atoms. The van der Waals surface area contributed by atoms with Crippen LogP contribution in [0.2, 0.25) is 0 Å². The van der Waals surface area contributed by atoms with Crippen molar-refractivity contribution in [1.82, 2.24) is 4.98 Å². The first-order chi connectivity index (χ1) is 9.88. The Morgan fingerprint density at radius 2 is 2.14 bits per heavy atom. The molecule has 1 aliphatic heterocycles. The molecule has 1 atom stereocenters. The number of piperidine rings is 1. The van der Waals surface area contributed by atoms with Crippen LogP contribution in [0.5, 0.6) is 0 Å². The quantitative estimate of drug-likeness (QED) is 0.927. The normalized spacial score (nSPS) is 19.6. The first-order valence-corrected chi connectivity index (χ1v) is 6.90. The fourth-order valence-electron chi connectivity index (χ4n) is 2.63. The highest BCUT2D eigenvalue weighted by molar-refractivity contribution is 5.66. The number of hydrogen-bond acceptors (Lipinski definition) is 3. The van der Waals surface area contributed by atoms with Crippen molar-refractivity contribution >= 4 is 11.8 Å². The van der Waals surface area contributed by atoms with E-state index < -0.39 is 17.8 Å². The molecular weight excluding hydrogens is 285 g/mol. The van der Waals surface area contributed by atoms with Crippen molar-refractivity contribution in [3.63, 3.8) is 0 Å². The molecule has 0 radical (unpaired) electrons. The second-order valence-corrected chi connectivity index (χ2v) is 5.15. The van der Waals surface area contributed by atoms with Gasteiger partial charge >= 0.3 is 12.1 Å². The van der Waals surface area contributed by atoms with E-state index in [1.54, 1.807) is 6.07 Å². The van der Waals surface area contributed by atoms with Crippen molar-refractivity contribution in [3.8, 4) is 0 Å². The van der Waals surface area contributed by atoms with E-state index in [-0.39, 0.29) is 18.3 Å². The minimum Gasteiger partial charge on any atom is -0.481 e. The van der Waals surface area contributed by atoms with E-state index in [0.717, 1.165) is 25.3 Å². The lowest BCUT2D eigenvalue weighted by Gasteiger charge is -2.36. The van der Waals surface area contributed by atoms with Crippen molar-refractivity contribution in [2.75, 3.05) is 11.4 Å². The topological polar surface area (TPSA) is 53.4 Å². The average Bonchev–Trinajstić information content (AvgIpc) is 2.44. The minimum atomic E-state index is -4.47. The van der Waals surface area contributed by atoms with Gasteiger partial charge in [-0.1, -0.05) is 6.07 Å². The highest BCUT2D eigenvalue weighted by Gasteiger charge is 2.33. The molecule has 116 valence electrons. The highest BCUT2D eigenvalue weighted by atomic mass is 19.4. The van der Waals surface area contributed by atoms with Crippen LogP contribution in [-0.2, 0) is 11.0 Å². The van der Waals surface area contributed by atoms with E-state index in [0.29, 0.717) is 13.0 Å². The maximum Gasteiger partial charge on any atom is 0.433 e. The third kappa shape index (κ3) is 4.09. The van der Waals surface area contributed by atoms with Crippen LogP contribution in [0.25, 0.3) is 0 Å². The van der Waals surface area contributed by atoms with Crippen LogP contribution in [0, 0.1) is 0 Å². The summed E-state index contributed by atoms with van der Waals surface area (Å²) >= 11 is 0. The van der Waals surface area contributed by atoms with E-state index in [1.807, 2.05) is 4.90 Å². The fourth-order valence-corrected chi connectivity index (χ4v) is 2.63. The summed E-state index contributed by atoms with van der Waals surface area (Å²) in [5.74, 6) is -0.613. The van der Waals surface area contributed by atoms with Crippen LogP contribution in [0.15, 0.2) is 18.2 Å². The molecule has 2 heterocycles. The first-order valence-electron chi connectivity index (χ1n) is 6.90. The van der Waals surface area contributed by atoms with Gasteiger partial charge in [0.25, 0.3) is 0 Å². The van der Waals surface area contributed by atoms with E-state index in [9.17, 15) is 18.0 Å². The average molecular weight is 302 g/mol. The zero-order chi connectivity index (χ0) is 15.5. The summed E-state index contributed by atoms with van der Waals surface area (Å²) < 4.78 is 38.2. The molecule has 1 unspecified atom stereocenters. The van der Waals surface area contributed by atoms with Gasteiger partial charge in [0.15, 0.2) is 0 Å². The van der Waals surface area contributed by atoms with Crippen molar-refractivity contribution in [2.24, 2.45) is 0 Å². The second-order valence-electron chi connectivity index (χ2n) is 5.15. The van der Waals surface area contributed by atoms with Gasteiger partial charge in [0, 0.05) is 19.0 Å². The van der Waals surface area contributed by atoms with Crippen molar-refractivity contribution in [1.29, 1.82) is 0 Å². The smallest absolute Gasteiger partial charge is 0.433 e. The predicted octanol–water partition coefficient (Wildman–Crippen LogP) is 3.32. The Balaban J connectivity index is 2.19. The lowest BCUT2D eigenvalue weighted by atomic mass is 9.98. The van der Waals surface area contributed by atoms with Gasteiger partial charge in [-0.15, -0.1) is 0 Å². The molecule has 0 aliphatic carbocycles. The van der Waals surface area contributed by atoms with Crippen molar-refractivity contribution in [2.45, 2.75) is 44.3 Å². The number of rotatable bonds is 4. The van der Waals surface area contributed by atoms with Crippen LogP contribution in [0.4, 0.5) is 19.0 Å². The third-order valence-electron chi connectivity index (χ3n) is 3.64. The van der Waals surface area contributed by atoms with Gasteiger partial charge in [-0.2, -0.15) is 13.2 Å². The maximum atomic E-state index is 12.7. The number of carboxylic acid groups (broad SMARTS) is 1. The first kappa shape index (κ1) is 15.6. The summed E-state index contributed by atoms with van der Waals surface area (Å²) in [6.07, 6.45) is -1.41. The molecule has 1 aromatic rings. The number of halogens is 3. The monoisotopic (exact) mass is 302 g/mol. The van der Waals surface area contributed by atoms with Crippen LogP contribution < -0.4 is 4.90 Å². The molecule has 1 aliphatic rings. The Kier molecular flexibility index (Phi) is 4.69. The van der Waals surface area contributed by atoms with Crippen molar-refractivity contribution in [3.05, 3.63) is 23.9 Å². The van der Waals surface area contributed by atoms with Crippen LogP contribution in [-0.4, -0.2) is 28.6 Å². The second kappa shape index (κ2) is 6.32. The molecule has 0 saturated carbocycles. The lowest BCUT2D eigenvalue weighted by molar-refractivity contribution is -0.141. The SMILES string of the molecule is O=C(O)CCC1CCCCN1c1cccc(C(F)(F)F)n1. The third-order valence-corrected chi connectivity index (χ3v) is 3.64. The molecule has 0 amide bonds. The molecule has 2 rings (SSSR count). The molecule has 1 aromatic heterocycles. The zero-order valence-corrected chi connectivity index (χ0v) is 11.4. The van der Waals surface area contributed by atoms with E-state index in [2.05, 4.69) is 4.98 Å². The van der Waals surface area contributed by atoms with Gasteiger partial charge in [-0.25, -0.2) is 4.98 Å². The number of alkyl halides is 3. The van der Waals surface area contributed by atoms with Gasteiger partial charge in [0.05, 0.1) is 0 Å². The van der Waals surface area contributed by atoms with E-state index >= 15 is 0 Å². The Morgan fingerprint density at radius 3 is 2.81 bits per heavy atom. The fraction of sp³-hybridized carbons (Fsp3) is 0.571. The molecule has 1 saturated heterocycles. The van der Waals surface area contributed by atoms with E-state index in [4.69, 9.17) is 5.11 Å². The Morgan fingerprint density at radius 1 is 1.38 bits per heavy atom. The number of hydrogen-bond donors (Lipinski definition) is 1. The molecular formula is C14H17F3N2O2. The van der Waals surface area contributed by atoms with Crippen LogP contribution in [0.1, 0.15) is 37.8 Å². The summed E-state index contributed by atoms with van der Waals surface area (Å²) in [6, 6.07) is 3.77. The van der Waals surface area contributed by atoms with Gasteiger partial charge in [-0.3, -0.25) is 4.79 Å². The van der Waals surface area contributed by atoms with Crippen LogP contribution >= 0.6 is 0 Å².